The van der Waals surface area contributed by atoms with E-state index in [4.69, 9.17) is 4.43 Å². The first-order valence-electron chi connectivity index (χ1n) is 10.9. The second kappa shape index (κ2) is 8.90. The van der Waals surface area contributed by atoms with Crippen molar-refractivity contribution in [3.05, 3.63) is 0 Å². The van der Waals surface area contributed by atoms with Gasteiger partial charge in [0.05, 0.1) is 0 Å². The molecule has 4 unspecified atom stereocenters. The van der Waals surface area contributed by atoms with Crippen LogP contribution in [0.3, 0.4) is 0 Å². The normalized spacial score (nSPS) is 26.0. The summed E-state index contributed by atoms with van der Waals surface area (Å²) in [6.07, 6.45) is 6.56. The van der Waals surface area contributed by atoms with Gasteiger partial charge in [0, 0.05) is 18.9 Å². The smallest absolute Gasteiger partial charge is 0.192 e. The molecule has 1 rings (SSSR count). The summed E-state index contributed by atoms with van der Waals surface area (Å²) in [7, 11) is -1.73. The molecular formula is C23H46O2Si. The maximum atomic E-state index is 12.0. The van der Waals surface area contributed by atoms with Crippen molar-refractivity contribution in [1.29, 1.82) is 0 Å². The highest BCUT2D eigenvalue weighted by atomic mass is 28.4. The second-order valence-corrected chi connectivity index (χ2v) is 16.0. The molecule has 0 aliphatic heterocycles. The van der Waals surface area contributed by atoms with Gasteiger partial charge in [0.1, 0.15) is 5.78 Å². The van der Waals surface area contributed by atoms with E-state index in [1.807, 2.05) is 0 Å². The Balaban J connectivity index is 2.69. The van der Waals surface area contributed by atoms with E-state index in [0.29, 0.717) is 29.6 Å². The minimum absolute atomic E-state index is 0.197. The van der Waals surface area contributed by atoms with Crippen molar-refractivity contribution in [2.45, 2.75) is 118 Å². The van der Waals surface area contributed by atoms with E-state index in [1.165, 1.54) is 12.8 Å². The first-order chi connectivity index (χ1) is 11.7. The number of carbonyl (C=O) groups excluding carboxylic acids is 1. The highest BCUT2D eigenvalue weighted by molar-refractivity contribution is 6.74. The molecule has 0 amide bonds. The topological polar surface area (TPSA) is 26.3 Å². The van der Waals surface area contributed by atoms with Crippen molar-refractivity contribution in [2.75, 3.05) is 0 Å². The summed E-state index contributed by atoms with van der Waals surface area (Å²) in [4.78, 5) is 12.0. The van der Waals surface area contributed by atoms with E-state index in [9.17, 15) is 4.79 Å². The molecule has 4 atom stereocenters. The van der Waals surface area contributed by atoms with Gasteiger partial charge in [-0.3, -0.25) is 4.79 Å². The number of hydrogen-bond acceptors (Lipinski definition) is 2. The van der Waals surface area contributed by atoms with Crippen LogP contribution in [0.2, 0.25) is 18.1 Å². The van der Waals surface area contributed by atoms with Gasteiger partial charge in [-0.2, -0.15) is 0 Å². The zero-order valence-electron chi connectivity index (χ0n) is 19.4. The summed E-state index contributed by atoms with van der Waals surface area (Å²) < 4.78 is 6.77. The fraction of sp³-hybridized carbons (Fsp3) is 0.957. The minimum atomic E-state index is -1.73. The second-order valence-electron chi connectivity index (χ2n) is 11.2. The lowest BCUT2D eigenvalue weighted by atomic mass is 9.63. The number of carbonyl (C=O) groups is 1. The van der Waals surface area contributed by atoms with Crippen LogP contribution in [0.25, 0.3) is 0 Å². The molecule has 0 bridgehead atoms. The molecule has 1 aliphatic rings. The summed E-state index contributed by atoms with van der Waals surface area (Å²) in [5.41, 5.74) is 0.197. The average molecular weight is 383 g/mol. The molecule has 0 aromatic rings. The Labute approximate surface area is 165 Å². The minimum Gasteiger partial charge on any atom is -0.414 e. The largest absolute Gasteiger partial charge is 0.414 e. The van der Waals surface area contributed by atoms with Crippen LogP contribution in [0.4, 0.5) is 0 Å². The predicted octanol–water partition coefficient (Wildman–Crippen LogP) is 7.23. The lowest BCUT2D eigenvalue weighted by molar-refractivity contribution is -0.125. The molecule has 0 heterocycles. The molecule has 1 saturated carbocycles. The van der Waals surface area contributed by atoms with Gasteiger partial charge >= 0.3 is 0 Å². The van der Waals surface area contributed by atoms with Gasteiger partial charge in [0.2, 0.25) is 0 Å². The first-order valence-corrected chi connectivity index (χ1v) is 13.8. The number of hydrogen-bond donors (Lipinski definition) is 0. The van der Waals surface area contributed by atoms with Gasteiger partial charge < -0.3 is 4.43 Å². The third kappa shape index (κ3) is 6.19. The summed E-state index contributed by atoms with van der Waals surface area (Å²) in [6.45, 7) is 23.4. The Bertz CT molecular complexity index is 463. The van der Waals surface area contributed by atoms with Crippen LogP contribution in [0.15, 0.2) is 0 Å². The zero-order chi connectivity index (χ0) is 20.3. The molecule has 0 saturated heterocycles. The van der Waals surface area contributed by atoms with Gasteiger partial charge in [-0.25, -0.2) is 0 Å². The van der Waals surface area contributed by atoms with Crippen LogP contribution in [0.1, 0.15) is 93.9 Å². The van der Waals surface area contributed by atoms with Crippen molar-refractivity contribution < 1.29 is 9.22 Å². The van der Waals surface area contributed by atoms with E-state index >= 15 is 0 Å². The van der Waals surface area contributed by atoms with Gasteiger partial charge in [-0.1, -0.05) is 55.4 Å². The molecule has 0 aromatic heterocycles. The quantitative estimate of drug-likeness (QED) is 0.414. The maximum absolute atomic E-state index is 12.0. The lowest BCUT2D eigenvalue weighted by Gasteiger charge is -2.43. The molecule has 1 aliphatic carbocycles. The Morgan fingerprint density at radius 3 is 2.15 bits per heavy atom. The van der Waals surface area contributed by atoms with Crippen molar-refractivity contribution in [1.82, 2.24) is 0 Å². The van der Waals surface area contributed by atoms with Crippen molar-refractivity contribution in [3.8, 4) is 0 Å². The Hall–Kier alpha value is -0.153. The number of Topliss-reactive ketones (excluding diaryl/α,β-unsaturated/α-hetero) is 1. The monoisotopic (exact) mass is 382 g/mol. The van der Waals surface area contributed by atoms with Gasteiger partial charge in [-0.15, -0.1) is 0 Å². The Morgan fingerprint density at radius 1 is 1.12 bits per heavy atom. The van der Waals surface area contributed by atoms with Crippen LogP contribution in [0.5, 0.6) is 0 Å². The summed E-state index contributed by atoms with van der Waals surface area (Å²) in [5.74, 6) is 2.25. The van der Waals surface area contributed by atoms with Gasteiger partial charge in [0.25, 0.3) is 0 Å². The van der Waals surface area contributed by atoms with E-state index in [1.54, 1.807) is 0 Å². The molecule has 26 heavy (non-hydrogen) atoms. The van der Waals surface area contributed by atoms with Crippen LogP contribution in [0, 0.1) is 23.2 Å². The van der Waals surface area contributed by atoms with Crippen LogP contribution in [-0.2, 0) is 9.22 Å². The molecule has 2 nitrogen and oxygen atoms in total. The van der Waals surface area contributed by atoms with E-state index in [0.717, 1.165) is 25.7 Å². The first kappa shape index (κ1) is 23.9. The van der Waals surface area contributed by atoms with Crippen LogP contribution < -0.4 is 0 Å². The Morgan fingerprint density at radius 2 is 1.69 bits per heavy atom. The Kier molecular flexibility index (Phi) is 8.18. The molecule has 0 radical (unpaired) electrons. The predicted molar refractivity (Wildman–Crippen MR) is 116 cm³/mol. The highest BCUT2D eigenvalue weighted by Crippen LogP contribution is 2.45. The molecule has 1 fully saturated rings. The molecule has 0 N–H and O–H groups in total. The average Bonchev–Trinajstić information content (AvgIpc) is 2.48. The van der Waals surface area contributed by atoms with Crippen molar-refractivity contribution >= 4 is 14.1 Å². The fourth-order valence-electron chi connectivity index (χ4n) is 4.15. The van der Waals surface area contributed by atoms with Crippen molar-refractivity contribution in [2.24, 2.45) is 23.2 Å². The summed E-state index contributed by atoms with van der Waals surface area (Å²) in [6, 6.07) is 0. The van der Waals surface area contributed by atoms with Crippen LogP contribution in [-0.4, -0.2) is 20.2 Å². The molecule has 3 heteroatoms. The number of rotatable bonds is 8. The van der Waals surface area contributed by atoms with Gasteiger partial charge in [-0.05, 0) is 67.0 Å². The molecule has 154 valence electrons. The zero-order valence-corrected chi connectivity index (χ0v) is 20.4. The standard InChI is InChI=1S/C23H46O2Si/c1-17(2)21(25-26(9,10)22(5,6)7)14-13-18(3)19(4)23(8)15-11-12-20(24)16-23/h17-19,21H,11-16H2,1-10H3. The van der Waals surface area contributed by atoms with E-state index < -0.39 is 8.32 Å². The van der Waals surface area contributed by atoms with E-state index in [2.05, 4.69) is 68.5 Å². The molecule has 0 spiro atoms. The summed E-state index contributed by atoms with van der Waals surface area (Å²) in [5, 5.41) is 0.259. The molecular weight excluding hydrogens is 336 g/mol. The third-order valence-electron chi connectivity index (χ3n) is 7.66. The van der Waals surface area contributed by atoms with E-state index in [-0.39, 0.29) is 10.5 Å². The fourth-order valence-corrected chi connectivity index (χ4v) is 5.65. The summed E-state index contributed by atoms with van der Waals surface area (Å²) >= 11 is 0. The lowest BCUT2D eigenvalue weighted by Crippen LogP contribution is -2.45. The maximum Gasteiger partial charge on any atom is 0.192 e. The van der Waals surface area contributed by atoms with Crippen LogP contribution >= 0.6 is 0 Å². The number of ketones is 1. The third-order valence-corrected chi connectivity index (χ3v) is 12.2. The van der Waals surface area contributed by atoms with Gasteiger partial charge in [0.15, 0.2) is 8.32 Å². The molecule has 0 aromatic carbocycles. The SMILES string of the molecule is CC(C)C(CCC(C)C(C)C1(C)CCCC(=O)C1)O[Si](C)(C)C(C)(C)C. The highest BCUT2D eigenvalue weighted by Gasteiger charge is 2.41. The van der Waals surface area contributed by atoms with Crippen molar-refractivity contribution in [3.63, 3.8) is 0 Å².